The highest BCUT2D eigenvalue weighted by Gasteiger charge is 2.47. The van der Waals surface area contributed by atoms with Crippen LogP contribution in [0.25, 0.3) is 55.0 Å². The van der Waals surface area contributed by atoms with Crippen molar-refractivity contribution in [1.29, 1.82) is 0 Å². The number of anilines is 2. The number of para-hydroxylation sites is 2. The minimum Gasteiger partial charge on any atom is -0.508 e. The lowest BCUT2D eigenvalue weighted by molar-refractivity contribution is -0.167. The number of aromatic nitrogens is 8. The Hall–Kier alpha value is -13.1. The van der Waals surface area contributed by atoms with Gasteiger partial charge < -0.3 is 49.6 Å². The molecule has 15 rings (SSSR count). The van der Waals surface area contributed by atoms with Crippen molar-refractivity contribution < 1.29 is 83.5 Å². The Morgan fingerprint density at radius 3 is 1.35 bits per heavy atom. The first-order valence-electron chi connectivity index (χ1n) is 36.2. The van der Waals surface area contributed by atoms with Gasteiger partial charge >= 0.3 is 35.7 Å². The van der Waals surface area contributed by atoms with Gasteiger partial charge in [-0.3, -0.25) is 48.2 Å². The number of phenols is 1. The molecule has 3 aliphatic rings. The van der Waals surface area contributed by atoms with E-state index in [2.05, 4.69) is 30.6 Å². The van der Waals surface area contributed by atoms with Crippen LogP contribution in [0.4, 0.5) is 46.5 Å². The first-order chi connectivity index (χ1) is 55.5. The summed E-state index contributed by atoms with van der Waals surface area (Å²) in [6.45, 7) is 3.15. The fourth-order valence-electron chi connectivity index (χ4n) is 13.8. The number of ether oxygens (including phenoxy) is 4. The van der Waals surface area contributed by atoms with Crippen molar-refractivity contribution in [2.45, 2.75) is 90.9 Å². The predicted octanol–water partition coefficient (Wildman–Crippen LogP) is 11.5. The van der Waals surface area contributed by atoms with Gasteiger partial charge in [0.05, 0.1) is 94.2 Å². The van der Waals surface area contributed by atoms with E-state index in [1.807, 2.05) is 6.07 Å². The highest BCUT2D eigenvalue weighted by molar-refractivity contribution is 6.00. The number of carbonyl (C=O) groups excluding carboxylic acids is 3. The van der Waals surface area contributed by atoms with E-state index < -0.39 is 119 Å². The fourth-order valence-corrected chi connectivity index (χ4v) is 13.8. The second kappa shape index (κ2) is 37.7. The monoisotopic (exact) mass is 1630 g/mol. The van der Waals surface area contributed by atoms with E-state index in [-0.39, 0.29) is 115 Å². The Balaban J connectivity index is 0.000000215. The van der Waals surface area contributed by atoms with Crippen LogP contribution in [0.15, 0.2) is 202 Å². The van der Waals surface area contributed by atoms with E-state index in [1.54, 1.807) is 72.8 Å². The fraction of sp³-hybridized carbons (Fsp3) is 0.286. The van der Waals surface area contributed by atoms with Crippen molar-refractivity contribution >= 4 is 78.7 Å². The number of morpholine rings is 2. The standard InChI is InChI=1S/C39H32F4N6O6.C33H28F4N6O6.C6H6O.C4H8O.2CH4/c1-22-17-24(48-15-16-54-21-32(48)39(41,42)43)19-28(40)33(22)35(50)46-29(37(52)55-25-7-4-3-5-8-25)18-23-10-11-30(34-26(23)9-6-13-45-34)49-36(51)27-12-14-44-20-31(27)47(2)38(49)53;1-17-12-19(42-10-11-49-16-26(42)33(35,36)37)14-22(34)27(17)29(44)40-23(31(46)47)13-18-5-6-24(28-20(18)4-3-8-39-28)43-30(45)21-7-9-38-15-25(21)41(2)32(43)48;7-6-4-2-1-3-5-6;1-2-4-5-3-1;;/h3-14,17,19-20,29,32H,15-16,18,21H2,1-2H3,(H,46,50);3-9,12,14-15,23,26H,10-11,13,16H2,1-2H3,(H,40,44)(H,46,47);1-5,7H;1-4H2;2*1H4/t29-,32+;23-,26+;;;;/m00..../s1. The number of nitrogens with one attached hydrogen (secondary N) is 2. The van der Waals surface area contributed by atoms with E-state index in [0.717, 1.165) is 44.3 Å². The first-order valence-corrected chi connectivity index (χ1v) is 36.2. The molecule has 3 aliphatic heterocycles. The van der Waals surface area contributed by atoms with Gasteiger partial charge in [0.2, 0.25) is 0 Å². The largest absolute Gasteiger partial charge is 0.508 e. The number of esters is 1. The lowest BCUT2D eigenvalue weighted by Gasteiger charge is -2.38. The van der Waals surface area contributed by atoms with Crippen molar-refractivity contribution in [3.8, 4) is 22.9 Å². The Labute approximate surface area is 668 Å². The molecule has 0 saturated carbocycles. The molecule has 118 heavy (non-hydrogen) atoms. The molecule has 0 radical (unpaired) electrons. The number of phenolic OH excluding ortho intramolecular Hbond substituents is 1. The predicted molar refractivity (Wildman–Crippen MR) is 425 cm³/mol. The number of alkyl halides is 6. The minimum atomic E-state index is -4.65. The Morgan fingerprint density at radius 1 is 0.534 bits per heavy atom. The average Bonchev–Trinajstić information content (AvgIpc) is 0.792. The first kappa shape index (κ1) is 87.3. The SMILES string of the molecule is C.C.C1CCOC1.Cc1cc(N2CCOC[C@@H]2C(F)(F)F)cc(F)c1C(=O)N[C@@H](Cc1ccc(-n2c(=O)c3ccncc3n(C)c2=O)c2ncccc12)C(=O)O.Cc1cc(N2CCOC[C@@H]2C(F)(F)F)cc(F)c1C(=O)N[C@@H](Cc1ccc(-n2c(=O)c3ccncc3n(C)c2=O)c2ncccc12)C(=O)Oc1ccccc1.Oc1ccccc1. The maximum absolute atomic E-state index is 15.8. The van der Waals surface area contributed by atoms with Gasteiger partial charge in [-0.25, -0.2) is 37.1 Å². The van der Waals surface area contributed by atoms with Crippen LogP contribution < -0.4 is 47.7 Å². The molecule has 4 N–H and O–H groups in total. The normalized spacial score (nSPS) is 15.2. The average molecular weight is 1640 g/mol. The molecule has 618 valence electrons. The van der Waals surface area contributed by atoms with E-state index in [9.17, 15) is 69.8 Å². The number of pyridine rings is 4. The summed E-state index contributed by atoms with van der Waals surface area (Å²) >= 11 is 0. The van der Waals surface area contributed by atoms with Gasteiger partial charge in [-0.1, -0.05) is 75.5 Å². The zero-order chi connectivity index (χ0) is 82.9. The number of halogens is 8. The molecule has 0 bridgehead atoms. The molecule has 26 nitrogen and oxygen atoms in total. The number of aliphatic carboxylic acids is 1. The number of rotatable bonds is 15. The second-order valence-electron chi connectivity index (χ2n) is 27.1. The maximum atomic E-state index is 15.8. The van der Waals surface area contributed by atoms with Gasteiger partial charge in [-0.05, 0) is 134 Å². The van der Waals surface area contributed by atoms with Crippen LogP contribution in [0.3, 0.4) is 0 Å². The number of nitrogens with zero attached hydrogens (tertiary/aromatic N) is 10. The highest BCUT2D eigenvalue weighted by atomic mass is 19.4. The zero-order valence-corrected chi connectivity index (χ0v) is 62.4. The molecule has 2 amide bonds. The number of aryl methyl sites for hydroxylation is 4. The number of carbonyl (C=O) groups is 4. The van der Waals surface area contributed by atoms with E-state index in [1.165, 1.54) is 142 Å². The third kappa shape index (κ3) is 19.2. The van der Waals surface area contributed by atoms with Gasteiger partial charge in [-0.2, -0.15) is 26.3 Å². The molecule has 4 atom stereocenters. The lowest BCUT2D eigenvalue weighted by atomic mass is 9.99. The summed E-state index contributed by atoms with van der Waals surface area (Å²) in [5.41, 5.74) is -1.37. The number of carboxylic acids is 1. The third-order valence-electron chi connectivity index (χ3n) is 19.6. The molecular weight excluding hydrogens is 1550 g/mol. The Bertz CT molecular complexity index is 5890. The molecule has 3 fully saturated rings. The van der Waals surface area contributed by atoms with Crippen LogP contribution in [0.1, 0.15) is 70.7 Å². The number of hydrogen-bond donors (Lipinski definition) is 4. The summed E-state index contributed by atoms with van der Waals surface area (Å²) in [5.74, 6) is -6.15. The van der Waals surface area contributed by atoms with Crippen LogP contribution in [0, 0.1) is 25.5 Å². The maximum Gasteiger partial charge on any atom is 0.411 e. The molecule has 9 heterocycles. The molecule has 3 saturated heterocycles. The van der Waals surface area contributed by atoms with E-state index in [0.29, 0.717) is 38.7 Å². The molecule has 0 aliphatic carbocycles. The summed E-state index contributed by atoms with van der Waals surface area (Å²) in [5, 5.41) is 24.9. The molecule has 12 aromatic rings. The molecule has 6 aromatic heterocycles. The smallest absolute Gasteiger partial charge is 0.411 e. The van der Waals surface area contributed by atoms with Gasteiger partial charge in [0.1, 0.15) is 47.3 Å². The summed E-state index contributed by atoms with van der Waals surface area (Å²) in [6, 6.07) is 29.5. The number of carboxylic acid groups (broad SMARTS) is 1. The van der Waals surface area contributed by atoms with Crippen LogP contribution in [-0.4, -0.2) is 161 Å². The van der Waals surface area contributed by atoms with Gasteiger partial charge in [0.15, 0.2) is 0 Å². The molecule has 0 spiro atoms. The second-order valence-corrected chi connectivity index (χ2v) is 27.1. The summed E-state index contributed by atoms with van der Waals surface area (Å²) < 4.78 is 139. The van der Waals surface area contributed by atoms with Crippen LogP contribution in [-0.2, 0) is 50.7 Å². The topological polar surface area (TPSA) is 316 Å². The third-order valence-corrected chi connectivity index (χ3v) is 19.6. The summed E-state index contributed by atoms with van der Waals surface area (Å²) in [7, 11) is 3.00. The van der Waals surface area contributed by atoms with E-state index >= 15 is 8.78 Å². The molecule has 6 aromatic carbocycles. The van der Waals surface area contributed by atoms with Crippen LogP contribution in [0.5, 0.6) is 11.5 Å². The molecule has 34 heteroatoms. The highest BCUT2D eigenvalue weighted by Crippen LogP contribution is 2.36. The molecule has 0 unspecified atom stereocenters. The van der Waals surface area contributed by atoms with Gasteiger partial charge in [0, 0.05) is 100 Å². The van der Waals surface area contributed by atoms with Crippen molar-refractivity contribution in [2.24, 2.45) is 14.1 Å². The lowest BCUT2D eigenvalue weighted by Crippen LogP contribution is -2.53. The van der Waals surface area contributed by atoms with Gasteiger partial charge in [-0.15, -0.1) is 0 Å². The number of hydrogen-bond acceptors (Lipinski definition) is 19. The van der Waals surface area contributed by atoms with Crippen molar-refractivity contribution in [3.05, 3.63) is 269 Å². The minimum absolute atomic E-state index is 0. The van der Waals surface area contributed by atoms with Crippen molar-refractivity contribution in [2.75, 3.05) is 62.5 Å². The Morgan fingerprint density at radius 2 is 0.958 bits per heavy atom. The quantitative estimate of drug-likeness (QED) is 0.0421. The van der Waals surface area contributed by atoms with E-state index in [4.69, 9.17) is 24.1 Å². The van der Waals surface area contributed by atoms with Crippen LogP contribution in [0.2, 0.25) is 0 Å². The zero-order valence-electron chi connectivity index (χ0n) is 62.4. The summed E-state index contributed by atoms with van der Waals surface area (Å²) in [4.78, 5) is 126. The number of fused-ring (bicyclic) bond motifs is 4. The van der Waals surface area contributed by atoms with Gasteiger partial charge in [0.25, 0.3) is 22.9 Å². The number of amides is 2. The van der Waals surface area contributed by atoms with Crippen molar-refractivity contribution in [3.63, 3.8) is 0 Å². The van der Waals surface area contributed by atoms with Crippen molar-refractivity contribution in [1.82, 2.24) is 48.8 Å². The Kier molecular flexibility index (Phi) is 27.9. The number of benzene rings is 6. The number of aromatic hydroxyl groups is 1. The molecular formula is C84H82F8N12O14. The van der Waals surface area contributed by atoms with Crippen LogP contribution >= 0.6 is 0 Å². The summed E-state index contributed by atoms with van der Waals surface area (Å²) in [6.07, 6.45) is 1.34.